The number of fused-ring (bicyclic) bond motifs is 1. The molecule has 8 nitrogen and oxygen atoms in total. The fraction of sp³-hybridized carbons (Fsp3) is 0.519. The summed E-state index contributed by atoms with van der Waals surface area (Å²) in [6.45, 7) is 9.66. The monoisotopic (exact) mass is 485 g/mol. The molecule has 1 saturated heterocycles. The van der Waals surface area contributed by atoms with Crippen molar-refractivity contribution in [2.75, 3.05) is 53.7 Å². The highest BCUT2D eigenvalue weighted by molar-refractivity contribution is 5.69. The van der Waals surface area contributed by atoms with Crippen molar-refractivity contribution in [2.24, 2.45) is 0 Å². The first-order valence-corrected chi connectivity index (χ1v) is 12.0. The van der Waals surface area contributed by atoms with Gasteiger partial charge in [-0.2, -0.15) is 0 Å². The molecule has 2 aromatic rings. The average Bonchev–Trinajstić information content (AvgIpc) is 2.84. The van der Waals surface area contributed by atoms with Crippen LogP contribution in [0.4, 0.5) is 0 Å². The average molecular weight is 486 g/mol. The number of hydrogen-bond acceptors (Lipinski definition) is 8. The first-order chi connectivity index (χ1) is 16.8. The minimum atomic E-state index is -0.594. The first kappa shape index (κ1) is 25.4. The standard InChI is InChI=1S/C27H35NO7/c1-16-10-19(11-17(2)26(16)34-15-20(29)14-28-6-8-33-9-7-28)23-12-21(30)25-24(32-5)13-22(31-4)18(3)27(25)35-23/h10-13,18,20,22,29H,6-9,14-15H2,1-5H3/t18?,20-,22?/m1/s1. The smallest absolute Gasteiger partial charge is 0.196 e. The van der Waals surface area contributed by atoms with Crippen molar-refractivity contribution in [1.29, 1.82) is 0 Å². The molecule has 1 N–H and O–H groups in total. The molecule has 3 atom stereocenters. The van der Waals surface area contributed by atoms with E-state index in [9.17, 15) is 9.90 Å². The van der Waals surface area contributed by atoms with Gasteiger partial charge in [-0.05, 0) is 43.2 Å². The number of methoxy groups -OCH3 is 2. The van der Waals surface area contributed by atoms with E-state index in [-0.39, 0.29) is 24.1 Å². The van der Waals surface area contributed by atoms with E-state index in [1.54, 1.807) is 7.11 Å². The molecular formula is C27H35NO7. The van der Waals surface area contributed by atoms with Crippen molar-refractivity contribution in [3.05, 3.63) is 56.9 Å². The van der Waals surface area contributed by atoms with Gasteiger partial charge in [-0.3, -0.25) is 9.69 Å². The predicted octanol–water partition coefficient (Wildman–Crippen LogP) is 3.11. The molecule has 1 aromatic heterocycles. The van der Waals surface area contributed by atoms with Crippen molar-refractivity contribution in [1.82, 2.24) is 4.90 Å². The molecule has 0 saturated carbocycles. The Morgan fingerprint density at radius 1 is 1.14 bits per heavy atom. The van der Waals surface area contributed by atoms with E-state index in [1.807, 2.05) is 39.0 Å². The van der Waals surface area contributed by atoms with E-state index < -0.39 is 6.10 Å². The highest BCUT2D eigenvalue weighted by Crippen LogP contribution is 2.37. The van der Waals surface area contributed by atoms with Gasteiger partial charge in [0, 0.05) is 44.3 Å². The Kier molecular flexibility index (Phi) is 7.96. The largest absolute Gasteiger partial charge is 0.496 e. The predicted molar refractivity (Wildman–Crippen MR) is 133 cm³/mol. The number of ether oxygens (including phenoxy) is 4. The van der Waals surface area contributed by atoms with E-state index in [2.05, 4.69) is 4.90 Å². The van der Waals surface area contributed by atoms with Crippen LogP contribution in [0.1, 0.15) is 35.3 Å². The van der Waals surface area contributed by atoms with Crippen LogP contribution in [-0.2, 0) is 14.2 Å². The summed E-state index contributed by atoms with van der Waals surface area (Å²) in [4.78, 5) is 15.2. The third-order valence-corrected chi connectivity index (χ3v) is 6.67. The number of hydrogen-bond donors (Lipinski definition) is 1. The van der Waals surface area contributed by atoms with Crippen LogP contribution in [0.15, 0.2) is 33.5 Å². The van der Waals surface area contributed by atoms with Gasteiger partial charge in [0.2, 0.25) is 0 Å². The number of rotatable bonds is 8. The van der Waals surface area contributed by atoms with Gasteiger partial charge in [0.05, 0.1) is 26.4 Å². The Balaban J connectivity index is 1.55. The summed E-state index contributed by atoms with van der Waals surface area (Å²) in [5.74, 6) is 2.10. The van der Waals surface area contributed by atoms with Crippen LogP contribution in [0.5, 0.6) is 5.75 Å². The summed E-state index contributed by atoms with van der Waals surface area (Å²) in [5, 5.41) is 10.4. The normalized spacial score (nSPS) is 21.3. The maximum Gasteiger partial charge on any atom is 0.196 e. The molecule has 2 unspecified atom stereocenters. The van der Waals surface area contributed by atoms with Gasteiger partial charge in [-0.15, -0.1) is 0 Å². The molecule has 2 aliphatic rings. The SMILES string of the molecule is COC1=CC(OC)C(C)c2oc(-c3cc(C)c(OC[C@H](O)CN4CCOCC4)c(C)c3)cc(=O)c21. The highest BCUT2D eigenvalue weighted by atomic mass is 16.5. The molecule has 1 fully saturated rings. The Hall–Kier alpha value is -2.65. The lowest BCUT2D eigenvalue weighted by Gasteiger charge is -2.28. The number of β-amino-alcohol motifs (C(OH)–C–C–N with tert-alkyl or cyclic N) is 1. The van der Waals surface area contributed by atoms with Crippen LogP contribution in [0.25, 0.3) is 17.1 Å². The summed E-state index contributed by atoms with van der Waals surface area (Å²) in [7, 11) is 3.16. The summed E-state index contributed by atoms with van der Waals surface area (Å²) in [6, 6.07) is 5.39. The second-order valence-corrected chi connectivity index (χ2v) is 9.26. The molecule has 0 bridgehead atoms. The van der Waals surface area contributed by atoms with E-state index in [0.29, 0.717) is 42.6 Å². The van der Waals surface area contributed by atoms with Gasteiger partial charge in [-0.25, -0.2) is 0 Å². The lowest BCUT2D eigenvalue weighted by molar-refractivity contribution is 0.00454. The topological polar surface area (TPSA) is 90.6 Å². The van der Waals surface area contributed by atoms with Crippen molar-refractivity contribution in [2.45, 2.75) is 38.9 Å². The van der Waals surface area contributed by atoms with E-state index >= 15 is 0 Å². The maximum absolute atomic E-state index is 13.1. The van der Waals surface area contributed by atoms with E-state index in [0.717, 1.165) is 35.5 Å². The van der Waals surface area contributed by atoms with Crippen LogP contribution in [0.3, 0.4) is 0 Å². The third kappa shape index (κ3) is 5.46. The molecule has 8 heteroatoms. The molecule has 2 heterocycles. The van der Waals surface area contributed by atoms with Crippen LogP contribution >= 0.6 is 0 Å². The zero-order valence-corrected chi connectivity index (χ0v) is 21.1. The Morgan fingerprint density at radius 3 is 2.46 bits per heavy atom. The van der Waals surface area contributed by atoms with Crippen LogP contribution in [0.2, 0.25) is 0 Å². The van der Waals surface area contributed by atoms with Gasteiger partial charge < -0.3 is 28.5 Å². The summed E-state index contributed by atoms with van der Waals surface area (Å²) < 4.78 is 28.7. The van der Waals surface area contributed by atoms with Crippen LogP contribution < -0.4 is 10.2 Å². The minimum Gasteiger partial charge on any atom is -0.496 e. The number of benzene rings is 1. The van der Waals surface area contributed by atoms with Crippen LogP contribution in [-0.4, -0.2) is 75.9 Å². The number of aliphatic hydroxyl groups is 1. The zero-order chi connectivity index (χ0) is 25.1. The third-order valence-electron chi connectivity index (χ3n) is 6.67. The first-order valence-electron chi connectivity index (χ1n) is 12.0. The number of aliphatic hydroxyl groups excluding tert-OH is 1. The molecule has 190 valence electrons. The molecule has 0 radical (unpaired) electrons. The van der Waals surface area contributed by atoms with Crippen molar-refractivity contribution in [3.63, 3.8) is 0 Å². The fourth-order valence-corrected chi connectivity index (χ4v) is 4.82. The fourth-order valence-electron chi connectivity index (χ4n) is 4.82. The van der Waals surface area contributed by atoms with Gasteiger partial charge in [-0.1, -0.05) is 6.92 Å². The van der Waals surface area contributed by atoms with Gasteiger partial charge >= 0.3 is 0 Å². The Morgan fingerprint density at radius 2 is 1.83 bits per heavy atom. The second-order valence-electron chi connectivity index (χ2n) is 9.26. The zero-order valence-electron chi connectivity index (χ0n) is 21.1. The molecular weight excluding hydrogens is 450 g/mol. The van der Waals surface area contributed by atoms with Crippen LogP contribution in [0, 0.1) is 13.8 Å². The van der Waals surface area contributed by atoms with Crippen molar-refractivity contribution >= 4 is 5.76 Å². The maximum atomic E-state index is 13.1. The molecule has 1 aliphatic heterocycles. The van der Waals surface area contributed by atoms with Crippen molar-refractivity contribution < 1.29 is 28.5 Å². The van der Waals surface area contributed by atoms with Gasteiger partial charge in [0.1, 0.15) is 41.3 Å². The Labute approximate surface area is 206 Å². The number of nitrogens with zero attached hydrogens (tertiary/aromatic N) is 1. The number of morpholine rings is 1. The number of aryl methyl sites for hydroxylation is 2. The quantitative estimate of drug-likeness (QED) is 0.610. The lowest BCUT2D eigenvalue weighted by Crippen LogP contribution is -2.42. The second kappa shape index (κ2) is 11.0. The molecule has 1 aromatic carbocycles. The highest BCUT2D eigenvalue weighted by Gasteiger charge is 2.32. The van der Waals surface area contributed by atoms with E-state index in [4.69, 9.17) is 23.4 Å². The summed E-state index contributed by atoms with van der Waals surface area (Å²) in [6.07, 6.45) is 0.972. The molecule has 35 heavy (non-hydrogen) atoms. The molecule has 4 rings (SSSR count). The summed E-state index contributed by atoms with van der Waals surface area (Å²) >= 11 is 0. The Bertz CT molecular complexity index is 1110. The van der Waals surface area contributed by atoms with Gasteiger partial charge in [0.25, 0.3) is 0 Å². The molecule has 1 aliphatic carbocycles. The lowest BCUT2D eigenvalue weighted by atomic mass is 9.90. The molecule has 0 spiro atoms. The minimum absolute atomic E-state index is 0.140. The molecule has 0 amide bonds. The van der Waals surface area contributed by atoms with Crippen molar-refractivity contribution in [3.8, 4) is 17.1 Å². The van der Waals surface area contributed by atoms with E-state index in [1.165, 1.54) is 13.2 Å². The summed E-state index contributed by atoms with van der Waals surface area (Å²) in [5.41, 5.74) is 2.88. The van der Waals surface area contributed by atoms with Gasteiger partial charge in [0.15, 0.2) is 5.43 Å².